The first-order valence-electron chi connectivity index (χ1n) is 5.96. The highest BCUT2D eigenvalue weighted by atomic mass is 32.2. The summed E-state index contributed by atoms with van der Waals surface area (Å²) in [6.45, 7) is 0. The fourth-order valence-electron chi connectivity index (χ4n) is 2.69. The average molecular weight is 303 g/mol. The maximum absolute atomic E-state index is 12.2. The molecule has 1 aromatic heterocycles. The third-order valence-electron chi connectivity index (χ3n) is 3.53. The number of sulfonamides is 1. The van der Waals surface area contributed by atoms with E-state index < -0.39 is 16.0 Å². The molecule has 19 heavy (non-hydrogen) atoms. The number of aromatic carboxylic acids is 1. The van der Waals surface area contributed by atoms with Crippen LogP contribution in [0.25, 0.3) is 0 Å². The van der Waals surface area contributed by atoms with Crippen LogP contribution >= 0.6 is 11.3 Å². The first kappa shape index (κ1) is 13.0. The number of nitrogens with one attached hydrogen (secondary N) is 1. The number of carboxylic acid groups (broad SMARTS) is 1. The smallest absolute Gasteiger partial charge is 0.347 e. The molecule has 3 unspecified atom stereocenters. The lowest BCUT2D eigenvalue weighted by molar-refractivity contribution is 0.0698. The van der Waals surface area contributed by atoms with E-state index in [1.807, 2.05) is 0 Å². The van der Waals surface area contributed by atoms with E-state index in [4.69, 9.17) is 9.84 Å². The summed E-state index contributed by atoms with van der Waals surface area (Å²) >= 11 is 0.908. The molecule has 0 radical (unpaired) electrons. The zero-order valence-corrected chi connectivity index (χ0v) is 11.5. The minimum atomic E-state index is -3.80. The van der Waals surface area contributed by atoms with Crippen molar-refractivity contribution in [3.63, 3.8) is 0 Å². The molecule has 6 nitrogen and oxygen atoms in total. The summed E-state index contributed by atoms with van der Waals surface area (Å²) in [6.07, 6.45) is 2.55. The van der Waals surface area contributed by atoms with Crippen molar-refractivity contribution >= 4 is 27.3 Å². The van der Waals surface area contributed by atoms with Crippen molar-refractivity contribution in [2.45, 2.75) is 42.4 Å². The van der Waals surface area contributed by atoms with Crippen molar-refractivity contribution in [2.24, 2.45) is 0 Å². The number of thiophene rings is 1. The summed E-state index contributed by atoms with van der Waals surface area (Å²) in [6, 6.07) is 1.08. The van der Waals surface area contributed by atoms with Crippen molar-refractivity contribution in [2.75, 3.05) is 0 Å². The molecule has 2 bridgehead atoms. The molecule has 8 heteroatoms. The largest absolute Gasteiger partial charge is 0.477 e. The quantitative estimate of drug-likeness (QED) is 0.867. The van der Waals surface area contributed by atoms with Crippen LogP contribution in [0.1, 0.15) is 28.9 Å². The minimum absolute atomic E-state index is 0.0771. The molecule has 0 aliphatic carbocycles. The Hall–Kier alpha value is -0.960. The second-order valence-electron chi connectivity index (χ2n) is 4.76. The molecule has 1 aromatic rings. The Labute approximate surface area is 114 Å². The molecule has 0 saturated carbocycles. The van der Waals surface area contributed by atoms with Crippen LogP contribution in [0.2, 0.25) is 0 Å². The molecule has 2 aliphatic rings. The highest BCUT2D eigenvalue weighted by Crippen LogP contribution is 2.35. The van der Waals surface area contributed by atoms with Crippen LogP contribution in [0.15, 0.2) is 16.3 Å². The summed E-state index contributed by atoms with van der Waals surface area (Å²) in [5.74, 6) is -1.22. The van der Waals surface area contributed by atoms with Crippen molar-refractivity contribution in [3.8, 4) is 0 Å². The highest BCUT2D eigenvalue weighted by Gasteiger charge is 2.43. The average Bonchev–Trinajstić information content (AvgIpc) is 3.04. The molecule has 0 amide bonds. The minimum Gasteiger partial charge on any atom is -0.477 e. The lowest BCUT2D eigenvalue weighted by Crippen LogP contribution is -2.41. The predicted octanol–water partition coefficient (Wildman–Crippen LogP) is 1.04. The molecule has 2 fully saturated rings. The fraction of sp³-hybridized carbons (Fsp3) is 0.545. The Kier molecular flexibility index (Phi) is 3.12. The van der Waals surface area contributed by atoms with Gasteiger partial charge in [0.05, 0.1) is 18.2 Å². The Bertz CT molecular complexity index is 608. The van der Waals surface area contributed by atoms with Crippen molar-refractivity contribution in [1.82, 2.24) is 4.72 Å². The van der Waals surface area contributed by atoms with E-state index in [1.54, 1.807) is 0 Å². The molecule has 0 spiro atoms. The third kappa shape index (κ3) is 2.29. The van der Waals surface area contributed by atoms with E-state index >= 15 is 0 Å². The van der Waals surface area contributed by atoms with Crippen LogP contribution < -0.4 is 4.72 Å². The molecule has 3 atom stereocenters. The number of ether oxygens (including phenoxy) is 1. The van der Waals surface area contributed by atoms with Crippen molar-refractivity contribution in [1.29, 1.82) is 0 Å². The number of rotatable bonds is 4. The standard InChI is InChI=1S/C11H13NO5S2/c13-11(14)10-9(3-4-18-10)19(15,16)12-7-5-6-1-2-8(7)17-6/h3-4,6-8,12H,1-2,5H2,(H,13,14). The number of carbonyl (C=O) groups is 1. The normalized spacial score (nSPS) is 29.8. The lowest BCUT2D eigenvalue weighted by Gasteiger charge is -2.19. The zero-order chi connectivity index (χ0) is 13.6. The summed E-state index contributed by atoms with van der Waals surface area (Å²) in [4.78, 5) is 10.7. The number of hydrogen-bond acceptors (Lipinski definition) is 5. The Morgan fingerprint density at radius 2 is 2.26 bits per heavy atom. The van der Waals surface area contributed by atoms with E-state index in [0.29, 0.717) is 6.42 Å². The van der Waals surface area contributed by atoms with Crippen LogP contribution in [0.3, 0.4) is 0 Å². The van der Waals surface area contributed by atoms with Gasteiger partial charge in [-0.3, -0.25) is 0 Å². The van der Waals surface area contributed by atoms with Gasteiger partial charge in [0.1, 0.15) is 9.77 Å². The Morgan fingerprint density at radius 3 is 2.84 bits per heavy atom. The predicted molar refractivity (Wildman–Crippen MR) is 67.9 cm³/mol. The monoisotopic (exact) mass is 303 g/mol. The second-order valence-corrected chi connectivity index (χ2v) is 7.36. The van der Waals surface area contributed by atoms with Gasteiger partial charge in [-0.05, 0) is 30.7 Å². The molecule has 3 heterocycles. The summed E-state index contributed by atoms with van der Waals surface area (Å²) in [5.41, 5.74) is 0. The van der Waals surface area contributed by atoms with Gasteiger partial charge in [0, 0.05) is 0 Å². The van der Waals surface area contributed by atoms with Gasteiger partial charge in [0.2, 0.25) is 10.0 Å². The van der Waals surface area contributed by atoms with Crippen LogP contribution in [0.5, 0.6) is 0 Å². The van der Waals surface area contributed by atoms with Crippen molar-refractivity contribution < 1.29 is 23.1 Å². The van der Waals surface area contributed by atoms with E-state index in [2.05, 4.69) is 4.72 Å². The van der Waals surface area contributed by atoms with Gasteiger partial charge < -0.3 is 9.84 Å². The lowest BCUT2D eigenvalue weighted by atomic mass is 9.96. The van der Waals surface area contributed by atoms with Gasteiger partial charge in [0.25, 0.3) is 0 Å². The van der Waals surface area contributed by atoms with E-state index in [9.17, 15) is 13.2 Å². The van der Waals surface area contributed by atoms with Crippen LogP contribution in [-0.2, 0) is 14.8 Å². The zero-order valence-electron chi connectivity index (χ0n) is 9.90. The van der Waals surface area contributed by atoms with Crippen LogP contribution in [0.4, 0.5) is 0 Å². The Balaban J connectivity index is 1.83. The summed E-state index contributed by atoms with van der Waals surface area (Å²) in [5, 5.41) is 10.4. The van der Waals surface area contributed by atoms with Gasteiger partial charge in [0.15, 0.2) is 0 Å². The molecule has 104 valence electrons. The maximum atomic E-state index is 12.2. The molecular weight excluding hydrogens is 290 g/mol. The van der Waals surface area contributed by atoms with E-state index in [0.717, 1.165) is 24.2 Å². The topological polar surface area (TPSA) is 92.7 Å². The SMILES string of the molecule is O=C(O)c1sccc1S(=O)(=O)NC1CC2CCC1O2. The first-order chi connectivity index (χ1) is 8.97. The van der Waals surface area contributed by atoms with Gasteiger partial charge in [-0.15, -0.1) is 11.3 Å². The van der Waals surface area contributed by atoms with Gasteiger partial charge in [-0.1, -0.05) is 0 Å². The molecule has 2 N–H and O–H groups in total. The third-order valence-corrected chi connectivity index (χ3v) is 6.09. The number of fused-ring (bicyclic) bond motifs is 2. The first-order valence-corrected chi connectivity index (χ1v) is 8.32. The number of hydrogen-bond donors (Lipinski definition) is 2. The van der Waals surface area contributed by atoms with Crippen molar-refractivity contribution in [3.05, 3.63) is 16.3 Å². The van der Waals surface area contributed by atoms with Gasteiger partial charge >= 0.3 is 5.97 Å². The van der Waals surface area contributed by atoms with Gasteiger partial charge in [-0.2, -0.15) is 0 Å². The van der Waals surface area contributed by atoms with E-state index in [1.165, 1.54) is 11.4 Å². The maximum Gasteiger partial charge on any atom is 0.347 e. The van der Waals surface area contributed by atoms with Gasteiger partial charge in [-0.25, -0.2) is 17.9 Å². The highest BCUT2D eigenvalue weighted by molar-refractivity contribution is 7.89. The van der Waals surface area contributed by atoms with Crippen LogP contribution in [0, 0.1) is 0 Å². The molecule has 2 saturated heterocycles. The summed E-state index contributed by atoms with van der Waals surface area (Å²) in [7, 11) is -3.80. The fourth-order valence-corrected chi connectivity index (χ4v) is 5.23. The van der Waals surface area contributed by atoms with E-state index in [-0.39, 0.29) is 28.0 Å². The second kappa shape index (κ2) is 4.55. The molecular formula is C11H13NO5S2. The Morgan fingerprint density at radius 1 is 1.47 bits per heavy atom. The molecule has 3 rings (SSSR count). The van der Waals surface area contributed by atoms with Crippen LogP contribution in [-0.4, -0.2) is 37.7 Å². The summed E-state index contributed by atoms with van der Waals surface area (Å²) < 4.78 is 32.6. The number of carboxylic acids is 1. The molecule has 0 aromatic carbocycles. The molecule has 2 aliphatic heterocycles.